The highest BCUT2D eigenvalue weighted by Gasteiger charge is 2.11. The number of benzene rings is 2. The molecular weight excluding hydrogens is 284 g/mol. The van der Waals surface area contributed by atoms with E-state index < -0.39 is 0 Å². The van der Waals surface area contributed by atoms with E-state index in [1.165, 1.54) is 11.1 Å². The number of unbranched alkanes of at least 4 members (excludes halogenated alkanes) is 1. The monoisotopic (exact) mass is 312 g/mol. The largest absolute Gasteiger partial charge is 0.488 e. The standard InChI is InChI=1S/C20H28N2O/c1-15-12-18(19(22)10-6-7-11-21)13-16(2)20(15)23-14-17-8-4-3-5-9-17/h3-5,8-9,12-13,19H,6-7,10-11,14,21-22H2,1-2H3/t19-/m0/s1. The lowest BCUT2D eigenvalue weighted by Crippen LogP contribution is -2.12. The molecule has 0 saturated carbocycles. The lowest BCUT2D eigenvalue weighted by atomic mass is 9.97. The van der Waals surface area contributed by atoms with Gasteiger partial charge in [0.1, 0.15) is 12.4 Å². The van der Waals surface area contributed by atoms with Crippen molar-refractivity contribution in [3.8, 4) is 5.75 Å². The average molecular weight is 312 g/mol. The van der Waals surface area contributed by atoms with Gasteiger partial charge in [-0.1, -0.05) is 48.9 Å². The summed E-state index contributed by atoms with van der Waals surface area (Å²) >= 11 is 0. The Balaban J connectivity index is 2.04. The fourth-order valence-corrected chi connectivity index (χ4v) is 2.83. The van der Waals surface area contributed by atoms with E-state index in [1.54, 1.807) is 0 Å². The van der Waals surface area contributed by atoms with Crippen molar-refractivity contribution in [3.63, 3.8) is 0 Å². The lowest BCUT2D eigenvalue weighted by Gasteiger charge is -2.17. The minimum atomic E-state index is 0.0714. The van der Waals surface area contributed by atoms with Crippen molar-refractivity contribution < 1.29 is 4.74 Å². The maximum atomic E-state index is 6.31. The summed E-state index contributed by atoms with van der Waals surface area (Å²) in [7, 11) is 0. The molecule has 0 saturated heterocycles. The van der Waals surface area contributed by atoms with E-state index in [0.29, 0.717) is 6.61 Å². The normalized spacial score (nSPS) is 12.2. The van der Waals surface area contributed by atoms with Crippen molar-refractivity contribution in [3.05, 3.63) is 64.7 Å². The number of aryl methyl sites for hydroxylation is 2. The van der Waals surface area contributed by atoms with Crippen LogP contribution in [0.25, 0.3) is 0 Å². The first-order valence-corrected chi connectivity index (χ1v) is 8.35. The topological polar surface area (TPSA) is 61.3 Å². The zero-order chi connectivity index (χ0) is 16.7. The van der Waals surface area contributed by atoms with E-state index >= 15 is 0 Å². The Kier molecular flexibility index (Phi) is 6.63. The maximum absolute atomic E-state index is 6.31. The third-order valence-electron chi connectivity index (χ3n) is 4.11. The van der Waals surface area contributed by atoms with E-state index in [0.717, 1.165) is 42.7 Å². The molecule has 0 aromatic heterocycles. The Hall–Kier alpha value is -1.84. The third-order valence-corrected chi connectivity index (χ3v) is 4.11. The van der Waals surface area contributed by atoms with Crippen LogP contribution in [0.1, 0.15) is 47.6 Å². The van der Waals surface area contributed by atoms with Gasteiger partial charge in [-0.05, 0) is 55.5 Å². The van der Waals surface area contributed by atoms with Gasteiger partial charge in [0, 0.05) is 6.04 Å². The molecule has 0 radical (unpaired) electrons. The van der Waals surface area contributed by atoms with Crippen LogP contribution < -0.4 is 16.2 Å². The first-order valence-electron chi connectivity index (χ1n) is 8.35. The molecule has 2 rings (SSSR count). The minimum Gasteiger partial charge on any atom is -0.488 e. The highest BCUT2D eigenvalue weighted by molar-refractivity contribution is 5.44. The van der Waals surface area contributed by atoms with E-state index in [-0.39, 0.29) is 6.04 Å². The van der Waals surface area contributed by atoms with Crippen LogP contribution in [-0.4, -0.2) is 6.54 Å². The number of hydrogen-bond acceptors (Lipinski definition) is 3. The van der Waals surface area contributed by atoms with Crippen LogP contribution in [0.3, 0.4) is 0 Å². The molecule has 0 aliphatic rings. The van der Waals surface area contributed by atoms with Crippen LogP contribution in [0.15, 0.2) is 42.5 Å². The predicted molar refractivity (Wildman–Crippen MR) is 96.5 cm³/mol. The van der Waals surface area contributed by atoms with E-state index in [9.17, 15) is 0 Å². The van der Waals surface area contributed by atoms with E-state index in [2.05, 4.69) is 38.1 Å². The summed E-state index contributed by atoms with van der Waals surface area (Å²) in [5.41, 5.74) is 16.5. The molecule has 0 fully saturated rings. The van der Waals surface area contributed by atoms with Crippen LogP contribution in [0.5, 0.6) is 5.75 Å². The molecule has 4 N–H and O–H groups in total. The van der Waals surface area contributed by atoms with Gasteiger partial charge in [-0.3, -0.25) is 0 Å². The van der Waals surface area contributed by atoms with Crippen LogP contribution in [0.4, 0.5) is 0 Å². The van der Waals surface area contributed by atoms with Crippen molar-refractivity contribution in [2.24, 2.45) is 11.5 Å². The molecule has 3 nitrogen and oxygen atoms in total. The van der Waals surface area contributed by atoms with Crippen LogP contribution in [0.2, 0.25) is 0 Å². The summed E-state index contributed by atoms with van der Waals surface area (Å²) in [5, 5.41) is 0. The zero-order valence-corrected chi connectivity index (χ0v) is 14.2. The van der Waals surface area contributed by atoms with Crippen LogP contribution >= 0.6 is 0 Å². The number of ether oxygens (including phenoxy) is 1. The smallest absolute Gasteiger partial charge is 0.125 e. The van der Waals surface area contributed by atoms with Gasteiger partial charge in [-0.25, -0.2) is 0 Å². The Morgan fingerprint density at radius 2 is 1.65 bits per heavy atom. The Morgan fingerprint density at radius 1 is 1.00 bits per heavy atom. The van der Waals surface area contributed by atoms with Gasteiger partial charge < -0.3 is 16.2 Å². The molecule has 0 aliphatic carbocycles. The molecule has 0 amide bonds. The molecular formula is C20H28N2O. The molecule has 0 spiro atoms. The first kappa shape index (κ1) is 17.5. The molecule has 2 aromatic carbocycles. The summed E-state index contributed by atoms with van der Waals surface area (Å²) < 4.78 is 6.03. The summed E-state index contributed by atoms with van der Waals surface area (Å²) in [6.07, 6.45) is 3.08. The molecule has 0 bridgehead atoms. The highest BCUT2D eigenvalue weighted by atomic mass is 16.5. The van der Waals surface area contributed by atoms with E-state index in [1.807, 2.05) is 18.2 Å². The van der Waals surface area contributed by atoms with Gasteiger partial charge in [0.2, 0.25) is 0 Å². The fraction of sp³-hybridized carbons (Fsp3) is 0.400. The number of nitrogens with two attached hydrogens (primary N) is 2. The van der Waals surface area contributed by atoms with Gasteiger partial charge in [0.25, 0.3) is 0 Å². The third kappa shape index (κ3) is 5.08. The Labute approximate surface area is 139 Å². The second kappa shape index (κ2) is 8.70. The first-order chi connectivity index (χ1) is 11.1. The minimum absolute atomic E-state index is 0.0714. The van der Waals surface area contributed by atoms with Gasteiger partial charge in [-0.2, -0.15) is 0 Å². The molecule has 0 aliphatic heterocycles. The molecule has 124 valence electrons. The number of rotatable bonds is 8. The van der Waals surface area contributed by atoms with Crippen molar-refractivity contribution in [2.45, 2.75) is 45.8 Å². The quantitative estimate of drug-likeness (QED) is 0.724. The lowest BCUT2D eigenvalue weighted by molar-refractivity contribution is 0.302. The SMILES string of the molecule is Cc1cc([C@@H](N)CCCCN)cc(C)c1OCc1ccccc1. The van der Waals surface area contributed by atoms with Crippen molar-refractivity contribution >= 4 is 0 Å². The summed E-state index contributed by atoms with van der Waals surface area (Å²) in [6.45, 7) is 5.49. The van der Waals surface area contributed by atoms with Crippen molar-refractivity contribution in [1.29, 1.82) is 0 Å². The molecule has 3 heteroatoms. The van der Waals surface area contributed by atoms with Gasteiger partial charge in [-0.15, -0.1) is 0 Å². The van der Waals surface area contributed by atoms with Crippen LogP contribution in [-0.2, 0) is 6.61 Å². The highest BCUT2D eigenvalue weighted by Crippen LogP contribution is 2.29. The van der Waals surface area contributed by atoms with Gasteiger partial charge >= 0.3 is 0 Å². The summed E-state index contributed by atoms with van der Waals surface area (Å²) in [6, 6.07) is 14.6. The van der Waals surface area contributed by atoms with Gasteiger partial charge in [0.15, 0.2) is 0 Å². The predicted octanol–water partition coefficient (Wildman–Crippen LogP) is 4.01. The fourth-order valence-electron chi connectivity index (χ4n) is 2.83. The molecule has 0 unspecified atom stereocenters. The van der Waals surface area contributed by atoms with Crippen molar-refractivity contribution in [1.82, 2.24) is 0 Å². The van der Waals surface area contributed by atoms with Crippen LogP contribution in [0, 0.1) is 13.8 Å². The Morgan fingerprint density at radius 3 is 2.26 bits per heavy atom. The molecule has 0 heterocycles. The molecule has 2 aromatic rings. The Bertz CT molecular complexity index is 587. The average Bonchev–Trinajstić information content (AvgIpc) is 2.55. The second-order valence-corrected chi connectivity index (χ2v) is 6.15. The maximum Gasteiger partial charge on any atom is 0.125 e. The van der Waals surface area contributed by atoms with Gasteiger partial charge in [0.05, 0.1) is 0 Å². The molecule has 1 atom stereocenters. The van der Waals surface area contributed by atoms with Crippen molar-refractivity contribution in [2.75, 3.05) is 6.54 Å². The summed E-state index contributed by atoms with van der Waals surface area (Å²) in [5.74, 6) is 0.965. The zero-order valence-electron chi connectivity index (χ0n) is 14.2. The second-order valence-electron chi connectivity index (χ2n) is 6.15. The summed E-state index contributed by atoms with van der Waals surface area (Å²) in [4.78, 5) is 0. The molecule has 23 heavy (non-hydrogen) atoms. The number of hydrogen-bond donors (Lipinski definition) is 2. The van der Waals surface area contributed by atoms with E-state index in [4.69, 9.17) is 16.2 Å².